The quantitative estimate of drug-likeness (QED) is 0.481. The second kappa shape index (κ2) is 5.52. The highest BCUT2D eigenvalue weighted by molar-refractivity contribution is 5.68. The molecular formula is C14H26N4O2. The lowest BCUT2D eigenvalue weighted by Gasteiger charge is -2.41. The van der Waals surface area contributed by atoms with Crippen LogP contribution in [-0.4, -0.2) is 23.8 Å². The molecule has 1 rings (SSSR count). The first-order chi connectivity index (χ1) is 9.02. The predicted molar refractivity (Wildman–Crippen MR) is 78.3 cm³/mol. The third-order valence-electron chi connectivity index (χ3n) is 4.51. The normalized spacial score (nSPS) is 28.6. The van der Waals surface area contributed by atoms with E-state index in [0.717, 1.165) is 12.8 Å². The molecule has 1 aliphatic rings. The molecule has 0 aromatic heterocycles. The molecule has 0 bridgehead atoms. The molecule has 2 atom stereocenters. The van der Waals surface area contributed by atoms with E-state index in [1.54, 1.807) is 0 Å². The van der Waals surface area contributed by atoms with Crippen molar-refractivity contribution in [2.75, 3.05) is 6.54 Å². The summed E-state index contributed by atoms with van der Waals surface area (Å²) in [6, 6.07) is 0. The van der Waals surface area contributed by atoms with Crippen LogP contribution >= 0.6 is 0 Å². The lowest BCUT2D eigenvalue weighted by molar-refractivity contribution is -0.0551. The van der Waals surface area contributed by atoms with Crippen LogP contribution in [0.4, 0.5) is 4.79 Å². The van der Waals surface area contributed by atoms with Gasteiger partial charge in [-0.25, -0.2) is 4.79 Å². The predicted octanol–water partition coefficient (Wildman–Crippen LogP) is 4.02. The van der Waals surface area contributed by atoms with Gasteiger partial charge >= 0.3 is 6.09 Å². The Kier molecular flexibility index (Phi) is 4.59. The van der Waals surface area contributed by atoms with E-state index in [4.69, 9.17) is 10.3 Å². The summed E-state index contributed by atoms with van der Waals surface area (Å²) in [7, 11) is 0. The number of carbonyl (C=O) groups is 1. The van der Waals surface area contributed by atoms with Crippen LogP contribution < -0.4 is 5.32 Å². The first kappa shape index (κ1) is 16.6. The molecule has 20 heavy (non-hydrogen) atoms. The van der Waals surface area contributed by atoms with Gasteiger partial charge in [-0.05, 0) is 52.0 Å². The Hall–Kier alpha value is -1.42. The molecule has 1 saturated carbocycles. The van der Waals surface area contributed by atoms with E-state index in [1.165, 1.54) is 0 Å². The fourth-order valence-corrected chi connectivity index (χ4v) is 2.74. The molecule has 0 saturated heterocycles. The van der Waals surface area contributed by atoms with Gasteiger partial charge in [0, 0.05) is 22.4 Å². The molecular weight excluding hydrogens is 256 g/mol. The van der Waals surface area contributed by atoms with Gasteiger partial charge in [0.1, 0.15) is 5.60 Å². The van der Waals surface area contributed by atoms with Crippen molar-refractivity contribution < 1.29 is 9.53 Å². The van der Waals surface area contributed by atoms with Crippen molar-refractivity contribution in [2.24, 2.45) is 16.4 Å². The average molecular weight is 282 g/mol. The standard InChI is InChI=1S/C14H26N4O2/c1-12(2,3)17-11(19)20-14(6)8-7-10(9-16-18-15)13(14,4)5/h10H,7-9H2,1-6H3,(H,17,19)/t10-,14-/m0/s1. The maximum absolute atomic E-state index is 12.0. The molecule has 0 spiro atoms. The van der Waals surface area contributed by atoms with Gasteiger partial charge in [0.25, 0.3) is 0 Å². The zero-order chi connectivity index (χ0) is 15.6. The number of ether oxygens (including phenoxy) is 1. The van der Waals surface area contributed by atoms with E-state index >= 15 is 0 Å². The first-order valence-electron chi connectivity index (χ1n) is 7.04. The zero-order valence-corrected chi connectivity index (χ0v) is 13.4. The van der Waals surface area contributed by atoms with Gasteiger partial charge in [0.05, 0.1) is 0 Å². The Morgan fingerprint density at radius 3 is 2.55 bits per heavy atom. The van der Waals surface area contributed by atoms with Gasteiger partial charge in [-0.3, -0.25) is 0 Å². The van der Waals surface area contributed by atoms with Crippen LogP contribution in [-0.2, 0) is 4.74 Å². The number of hydrogen-bond acceptors (Lipinski definition) is 3. The molecule has 0 aliphatic heterocycles. The summed E-state index contributed by atoms with van der Waals surface area (Å²) in [5, 5.41) is 6.50. The second-order valence-electron chi connectivity index (χ2n) is 7.37. The van der Waals surface area contributed by atoms with Crippen molar-refractivity contribution >= 4 is 6.09 Å². The summed E-state index contributed by atoms with van der Waals surface area (Å²) in [5.74, 6) is 0.228. The SMILES string of the molecule is CC(C)(C)NC(=O)O[C@@]1(C)CC[C@@H](CN=[N+]=[N-])C1(C)C. The highest BCUT2D eigenvalue weighted by Crippen LogP contribution is 2.52. The monoisotopic (exact) mass is 282 g/mol. The number of hydrogen-bond donors (Lipinski definition) is 1. The Balaban J connectivity index is 2.78. The van der Waals surface area contributed by atoms with Crippen molar-refractivity contribution in [3.05, 3.63) is 10.4 Å². The lowest BCUT2D eigenvalue weighted by atomic mass is 9.73. The summed E-state index contributed by atoms with van der Waals surface area (Å²) >= 11 is 0. The molecule has 1 fully saturated rings. The third kappa shape index (κ3) is 3.57. The zero-order valence-electron chi connectivity index (χ0n) is 13.4. The smallest absolute Gasteiger partial charge is 0.408 e. The van der Waals surface area contributed by atoms with Gasteiger partial charge in [-0.15, -0.1) is 0 Å². The number of nitrogens with one attached hydrogen (secondary N) is 1. The molecule has 6 nitrogen and oxygen atoms in total. The number of rotatable bonds is 3. The molecule has 1 amide bonds. The Bertz CT molecular complexity index is 421. The summed E-state index contributed by atoms with van der Waals surface area (Å²) < 4.78 is 5.72. The van der Waals surface area contributed by atoms with Gasteiger partial charge in [-0.2, -0.15) is 0 Å². The van der Waals surface area contributed by atoms with Crippen LogP contribution in [0.5, 0.6) is 0 Å². The van der Waals surface area contributed by atoms with Crippen LogP contribution in [0.15, 0.2) is 5.11 Å². The van der Waals surface area contributed by atoms with Crippen LogP contribution in [0, 0.1) is 11.3 Å². The molecule has 0 unspecified atom stereocenters. The highest BCUT2D eigenvalue weighted by atomic mass is 16.6. The number of azide groups is 1. The van der Waals surface area contributed by atoms with Gasteiger partial charge in [0.15, 0.2) is 0 Å². The van der Waals surface area contributed by atoms with E-state index < -0.39 is 11.7 Å². The summed E-state index contributed by atoms with van der Waals surface area (Å²) in [6.07, 6.45) is 1.28. The fraction of sp³-hybridized carbons (Fsp3) is 0.929. The van der Waals surface area contributed by atoms with Crippen molar-refractivity contribution in [3.8, 4) is 0 Å². The molecule has 0 aromatic carbocycles. The van der Waals surface area contributed by atoms with E-state index in [9.17, 15) is 4.79 Å². The number of carbonyl (C=O) groups excluding carboxylic acids is 1. The minimum absolute atomic E-state index is 0.226. The highest BCUT2D eigenvalue weighted by Gasteiger charge is 2.54. The van der Waals surface area contributed by atoms with E-state index in [-0.39, 0.29) is 16.9 Å². The van der Waals surface area contributed by atoms with Gasteiger partial charge in [0.2, 0.25) is 0 Å². The Morgan fingerprint density at radius 2 is 2.05 bits per heavy atom. The average Bonchev–Trinajstić information content (AvgIpc) is 2.45. The van der Waals surface area contributed by atoms with Crippen molar-refractivity contribution in [2.45, 2.75) is 65.5 Å². The largest absolute Gasteiger partial charge is 0.443 e. The molecule has 114 valence electrons. The first-order valence-corrected chi connectivity index (χ1v) is 7.04. The fourth-order valence-electron chi connectivity index (χ4n) is 2.74. The van der Waals surface area contributed by atoms with E-state index in [2.05, 4.69) is 29.2 Å². The molecule has 0 radical (unpaired) electrons. The van der Waals surface area contributed by atoms with Gasteiger partial charge < -0.3 is 10.1 Å². The summed E-state index contributed by atoms with van der Waals surface area (Å²) in [4.78, 5) is 14.8. The lowest BCUT2D eigenvalue weighted by Crippen LogP contribution is -2.49. The van der Waals surface area contributed by atoms with Gasteiger partial charge in [-0.1, -0.05) is 19.0 Å². The molecule has 1 aliphatic carbocycles. The van der Waals surface area contributed by atoms with Crippen molar-refractivity contribution in [1.82, 2.24) is 5.32 Å². The minimum Gasteiger partial charge on any atom is -0.443 e. The second-order valence-corrected chi connectivity index (χ2v) is 7.37. The topological polar surface area (TPSA) is 87.1 Å². The molecule has 0 heterocycles. The molecule has 1 N–H and O–H groups in total. The van der Waals surface area contributed by atoms with Crippen LogP contribution in [0.25, 0.3) is 10.4 Å². The molecule has 6 heteroatoms. The van der Waals surface area contributed by atoms with E-state index in [0.29, 0.717) is 6.54 Å². The van der Waals surface area contributed by atoms with E-state index in [1.807, 2.05) is 27.7 Å². The van der Waals surface area contributed by atoms with Crippen molar-refractivity contribution in [1.29, 1.82) is 0 Å². The van der Waals surface area contributed by atoms with Crippen LogP contribution in [0.3, 0.4) is 0 Å². The maximum atomic E-state index is 12.0. The minimum atomic E-state index is -0.544. The third-order valence-corrected chi connectivity index (χ3v) is 4.51. The number of amides is 1. The molecule has 0 aromatic rings. The van der Waals surface area contributed by atoms with Crippen LogP contribution in [0.2, 0.25) is 0 Å². The number of alkyl carbamates (subject to hydrolysis) is 1. The number of nitrogens with zero attached hydrogens (tertiary/aromatic N) is 3. The van der Waals surface area contributed by atoms with Crippen molar-refractivity contribution in [3.63, 3.8) is 0 Å². The summed E-state index contributed by atoms with van der Waals surface area (Å²) in [5.41, 5.74) is 7.37. The summed E-state index contributed by atoms with van der Waals surface area (Å²) in [6.45, 7) is 12.3. The Labute approximate surface area is 120 Å². The van der Waals surface area contributed by atoms with Crippen LogP contribution in [0.1, 0.15) is 54.4 Å². The maximum Gasteiger partial charge on any atom is 0.408 e. The Morgan fingerprint density at radius 1 is 1.45 bits per heavy atom.